The maximum absolute atomic E-state index is 3.75. The van der Waals surface area contributed by atoms with E-state index in [1.165, 1.54) is 61.2 Å². The molecule has 0 bridgehead atoms. The third-order valence-corrected chi connectivity index (χ3v) is 5.37. The van der Waals surface area contributed by atoms with Gasteiger partial charge < -0.3 is 10.2 Å². The Labute approximate surface area is 130 Å². The zero-order valence-corrected chi connectivity index (χ0v) is 13.8. The van der Waals surface area contributed by atoms with Crippen molar-refractivity contribution in [3.8, 4) is 0 Å². The topological polar surface area (TPSA) is 18.5 Å². The van der Waals surface area contributed by atoms with Gasteiger partial charge in [0.25, 0.3) is 0 Å². The Balaban J connectivity index is 1.48. The second-order valence-corrected chi connectivity index (χ2v) is 6.85. The van der Waals surface area contributed by atoms with Gasteiger partial charge in [-0.3, -0.25) is 4.90 Å². The zero-order chi connectivity index (χ0) is 13.9. The summed E-state index contributed by atoms with van der Waals surface area (Å²) in [6.07, 6.45) is 2.43. The van der Waals surface area contributed by atoms with Crippen molar-refractivity contribution in [2.75, 3.05) is 46.3 Å². The summed E-state index contributed by atoms with van der Waals surface area (Å²) in [5.74, 6) is 0. The molecule has 110 valence electrons. The molecule has 3 nitrogen and oxygen atoms in total. The molecule has 0 aromatic heterocycles. The summed E-state index contributed by atoms with van der Waals surface area (Å²) >= 11 is 3.67. The maximum Gasteiger partial charge on any atom is 0.0327 e. The van der Waals surface area contributed by atoms with Crippen molar-refractivity contribution in [2.45, 2.75) is 18.9 Å². The minimum atomic E-state index is 0.551. The van der Waals surface area contributed by atoms with Gasteiger partial charge in [0.15, 0.2) is 0 Å². The molecule has 1 heterocycles. The van der Waals surface area contributed by atoms with Crippen LogP contribution in [0.5, 0.6) is 0 Å². The first-order chi connectivity index (χ1) is 9.74. The smallest absolute Gasteiger partial charge is 0.0327 e. The van der Waals surface area contributed by atoms with E-state index in [1.54, 1.807) is 0 Å². The third kappa shape index (κ3) is 3.25. The monoisotopic (exact) mass is 337 g/mol. The molecule has 0 radical (unpaired) electrons. The van der Waals surface area contributed by atoms with Crippen LogP contribution in [0.15, 0.2) is 22.7 Å². The van der Waals surface area contributed by atoms with Gasteiger partial charge in [0.1, 0.15) is 0 Å². The van der Waals surface area contributed by atoms with Gasteiger partial charge in [0.2, 0.25) is 0 Å². The fourth-order valence-corrected chi connectivity index (χ4v) is 3.87. The number of piperazine rings is 1. The predicted molar refractivity (Wildman–Crippen MR) is 87.1 cm³/mol. The summed E-state index contributed by atoms with van der Waals surface area (Å²) in [5, 5.41) is 3.75. The van der Waals surface area contributed by atoms with Crippen LogP contribution in [-0.2, 0) is 6.42 Å². The Morgan fingerprint density at radius 1 is 1.25 bits per heavy atom. The van der Waals surface area contributed by atoms with E-state index >= 15 is 0 Å². The highest BCUT2D eigenvalue weighted by Crippen LogP contribution is 2.35. The number of fused-ring (bicyclic) bond motifs is 1. The van der Waals surface area contributed by atoms with Crippen LogP contribution in [0.4, 0.5) is 0 Å². The second kappa shape index (κ2) is 6.56. The molecule has 4 heteroatoms. The standard InChI is InChI=1S/C16H24BrN3/c1-19-9-11-20(12-10-19)8-7-18-16-6-5-13-14(16)3-2-4-15(13)17/h2-4,16,18H,5-12H2,1H3. The Morgan fingerprint density at radius 2 is 2.05 bits per heavy atom. The van der Waals surface area contributed by atoms with Gasteiger partial charge in [-0.15, -0.1) is 0 Å². The normalized spacial score (nSPS) is 24.0. The second-order valence-electron chi connectivity index (χ2n) is 6.00. The van der Waals surface area contributed by atoms with Gasteiger partial charge in [-0.05, 0) is 37.1 Å². The summed E-state index contributed by atoms with van der Waals surface area (Å²) in [4.78, 5) is 4.98. The minimum absolute atomic E-state index is 0.551. The van der Waals surface area contributed by atoms with Gasteiger partial charge in [-0.25, -0.2) is 0 Å². The van der Waals surface area contributed by atoms with Crippen LogP contribution in [-0.4, -0.2) is 56.1 Å². The number of hydrogen-bond donors (Lipinski definition) is 1. The summed E-state index contributed by atoms with van der Waals surface area (Å²) in [5.41, 5.74) is 3.00. The molecule has 0 saturated carbocycles. The summed E-state index contributed by atoms with van der Waals surface area (Å²) in [6.45, 7) is 7.11. The van der Waals surface area contributed by atoms with Gasteiger partial charge >= 0.3 is 0 Å². The van der Waals surface area contributed by atoms with Crippen molar-refractivity contribution < 1.29 is 0 Å². The van der Waals surface area contributed by atoms with E-state index in [4.69, 9.17) is 0 Å². The number of benzene rings is 1. The molecule has 1 aromatic rings. The molecule has 1 unspecified atom stereocenters. The summed E-state index contributed by atoms with van der Waals surface area (Å²) < 4.78 is 1.28. The van der Waals surface area contributed by atoms with E-state index < -0.39 is 0 Å². The lowest BCUT2D eigenvalue weighted by atomic mass is 10.1. The Kier molecular flexibility index (Phi) is 4.76. The van der Waals surface area contributed by atoms with Gasteiger partial charge in [-0.1, -0.05) is 28.1 Å². The van der Waals surface area contributed by atoms with Gasteiger partial charge in [0, 0.05) is 49.8 Å². The fourth-order valence-electron chi connectivity index (χ4n) is 3.29. The highest BCUT2D eigenvalue weighted by atomic mass is 79.9. The first-order valence-electron chi connectivity index (χ1n) is 7.65. The van der Waals surface area contributed by atoms with Crippen molar-refractivity contribution in [3.63, 3.8) is 0 Å². The van der Waals surface area contributed by atoms with E-state index in [9.17, 15) is 0 Å². The average Bonchev–Trinajstić information content (AvgIpc) is 2.86. The molecule has 1 fully saturated rings. The molecule has 1 aromatic carbocycles. The van der Waals surface area contributed by atoms with Gasteiger partial charge in [0.05, 0.1) is 0 Å². The predicted octanol–water partition coefficient (Wildman–Crippen LogP) is 2.27. The van der Waals surface area contributed by atoms with Crippen LogP contribution in [0.2, 0.25) is 0 Å². The van der Waals surface area contributed by atoms with E-state index in [0.29, 0.717) is 6.04 Å². The van der Waals surface area contributed by atoms with Crippen molar-refractivity contribution in [3.05, 3.63) is 33.8 Å². The van der Waals surface area contributed by atoms with E-state index in [1.807, 2.05) is 0 Å². The maximum atomic E-state index is 3.75. The lowest BCUT2D eigenvalue weighted by molar-refractivity contribution is 0.153. The lowest BCUT2D eigenvalue weighted by Gasteiger charge is -2.32. The van der Waals surface area contributed by atoms with Crippen LogP contribution in [0.1, 0.15) is 23.6 Å². The van der Waals surface area contributed by atoms with E-state index in [-0.39, 0.29) is 0 Å². The quantitative estimate of drug-likeness (QED) is 0.909. The molecular formula is C16H24BrN3. The SMILES string of the molecule is CN1CCN(CCNC2CCc3c(Br)cccc32)CC1. The molecule has 1 saturated heterocycles. The number of hydrogen-bond acceptors (Lipinski definition) is 3. The van der Waals surface area contributed by atoms with Crippen LogP contribution in [0.25, 0.3) is 0 Å². The third-order valence-electron chi connectivity index (χ3n) is 4.63. The van der Waals surface area contributed by atoms with Crippen molar-refractivity contribution >= 4 is 15.9 Å². The van der Waals surface area contributed by atoms with Crippen molar-refractivity contribution in [1.29, 1.82) is 0 Å². The fraction of sp³-hybridized carbons (Fsp3) is 0.625. The number of likely N-dealkylation sites (N-methyl/N-ethyl adjacent to an activating group) is 1. The molecule has 1 N–H and O–H groups in total. The molecule has 3 rings (SSSR count). The molecule has 20 heavy (non-hydrogen) atoms. The highest BCUT2D eigenvalue weighted by molar-refractivity contribution is 9.10. The minimum Gasteiger partial charge on any atom is -0.309 e. The first kappa shape index (κ1) is 14.5. The van der Waals surface area contributed by atoms with Crippen molar-refractivity contribution in [2.24, 2.45) is 0 Å². The molecular weight excluding hydrogens is 314 g/mol. The molecule has 0 spiro atoms. The number of nitrogens with one attached hydrogen (secondary N) is 1. The first-order valence-corrected chi connectivity index (χ1v) is 8.45. The number of nitrogens with zero attached hydrogens (tertiary/aromatic N) is 2. The Hall–Kier alpha value is -0.420. The van der Waals surface area contributed by atoms with E-state index in [0.717, 1.165) is 6.54 Å². The Bertz CT molecular complexity index is 455. The highest BCUT2D eigenvalue weighted by Gasteiger charge is 2.23. The van der Waals surface area contributed by atoms with Crippen LogP contribution < -0.4 is 5.32 Å². The lowest BCUT2D eigenvalue weighted by Crippen LogP contribution is -2.46. The van der Waals surface area contributed by atoms with Crippen molar-refractivity contribution in [1.82, 2.24) is 15.1 Å². The largest absolute Gasteiger partial charge is 0.309 e. The molecule has 0 amide bonds. The molecule has 2 aliphatic rings. The van der Waals surface area contributed by atoms with Crippen LogP contribution >= 0.6 is 15.9 Å². The van der Waals surface area contributed by atoms with Gasteiger partial charge in [-0.2, -0.15) is 0 Å². The van der Waals surface area contributed by atoms with Crippen LogP contribution in [0.3, 0.4) is 0 Å². The zero-order valence-electron chi connectivity index (χ0n) is 12.2. The molecule has 1 aliphatic heterocycles. The Morgan fingerprint density at radius 3 is 2.85 bits per heavy atom. The average molecular weight is 338 g/mol. The number of halogens is 1. The van der Waals surface area contributed by atoms with E-state index in [2.05, 4.69) is 56.3 Å². The molecule has 1 atom stereocenters. The molecule has 1 aliphatic carbocycles. The summed E-state index contributed by atoms with van der Waals surface area (Å²) in [7, 11) is 2.21. The summed E-state index contributed by atoms with van der Waals surface area (Å²) in [6, 6.07) is 7.14. The number of rotatable bonds is 4. The van der Waals surface area contributed by atoms with Crippen LogP contribution in [0, 0.1) is 0 Å².